The average molecular weight is 600 g/mol. The lowest BCUT2D eigenvalue weighted by Crippen LogP contribution is -2.49. The Bertz CT molecular complexity index is 1950. The molecule has 3 aliphatic rings. The van der Waals surface area contributed by atoms with E-state index >= 15 is 0 Å². The van der Waals surface area contributed by atoms with Crippen molar-refractivity contribution < 1.29 is 28.8 Å². The maximum absolute atomic E-state index is 14.8. The summed E-state index contributed by atoms with van der Waals surface area (Å²) in [6.07, 6.45) is 3.63. The number of ketones is 2. The second-order valence-corrected chi connectivity index (χ2v) is 11.2. The summed E-state index contributed by atoms with van der Waals surface area (Å²) in [6.45, 7) is 1.27. The van der Waals surface area contributed by atoms with Gasteiger partial charge < -0.3 is 15.0 Å². The molecule has 4 aromatic carbocycles. The molecule has 10 heteroatoms. The molecule has 3 heterocycles. The summed E-state index contributed by atoms with van der Waals surface area (Å²) in [7, 11) is 0. The number of hydrogen-bond donors (Lipinski definition) is 1. The summed E-state index contributed by atoms with van der Waals surface area (Å²) in [6, 6.07) is 24.1. The third-order valence-electron chi connectivity index (χ3n) is 8.88. The van der Waals surface area contributed by atoms with Crippen molar-refractivity contribution in [1.29, 1.82) is 0 Å². The van der Waals surface area contributed by atoms with E-state index in [1.54, 1.807) is 29.3 Å². The molecule has 7 rings (SSSR count). The molecular weight excluding hydrogens is 574 g/mol. The third kappa shape index (κ3) is 4.17. The smallest absolute Gasteiger partial charge is 0.308 e. The maximum atomic E-state index is 14.8. The van der Waals surface area contributed by atoms with E-state index in [-0.39, 0.29) is 22.6 Å². The molecule has 0 aliphatic carbocycles. The van der Waals surface area contributed by atoms with E-state index < -0.39 is 51.8 Å². The number of carbonyl (C=O) groups is 4. The first kappa shape index (κ1) is 27.9. The Morgan fingerprint density at radius 3 is 2.22 bits per heavy atom. The highest BCUT2D eigenvalue weighted by Crippen LogP contribution is 2.62. The number of hydrogen-bond acceptors (Lipinski definition) is 8. The van der Waals surface area contributed by atoms with E-state index in [9.17, 15) is 29.3 Å². The van der Waals surface area contributed by atoms with Crippen LogP contribution in [0.1, 0.15) is 50.4 Å². The van der Waals surface area contributed by atoms with Gasteiger partial charge in [-0.1, -0.05) is 42.5 Å². The number of carbonyl (C=O) groups excluding carboxylic acids is 4. The first-order chi connectivity index (χ1) is 21.7. The van der Waals surface area contributed by atoms with Gasteiger partial charge in [-0.05, 0) is 65.2 Å². The molecule has 3 aliphatic heterocycles. The molecule has 1 saturated heterocycles. The van der Waals surface area contributed by atoms with Crippen LogP contribution in [0, 0.1) is 16.0 Å². The second kappa shape index (κ2) is 10.4. The maximum Gasteiger partial charge on any atom is 0.308 e. The number of Topliss-reactive ketones (excluding diaryl/α,β-unsaturated/α-hetero) is 2. The summed E-state index contributed by atoms with van der Waals surface area (Å²) in [4.78, 5) is 68.0. The zero-order valence-electron chi connectivity index (χ0n) is 23.9. The summed E-state index contributed by atoms with van der Waals surface area (Å²) in [5.74, 6) is -2.80. The first-order valence-electron chi connectivity index (χ1n) is 14.3. The molecule has 0 saturated carbocycles. The number of para-hydroxylation sites is 1. The number of amides is 1. The molecule has 4 aromatic rings. The van der Waals surface area contributed by atoms with Crippen LogP contribution in [0.2, 0.25) is 0 Å². The molecule has 1 amide bonds. The lowest BCUT2D eigenvalue weighted by Gasteiger charge is -2.38. The third-order valence-corrected chi connectivity index (χ3v) is 8.88. The number of esters is 1. The van der Waals surface area contributed by atoms with Gasteiger partial charge >= 0.3 is 5.97 Å². The van der Waals surface area contributed by atoms with Crippen LogP contribution in [-0.2, 0) is 15.0 Å². The van der Waals surface area contributed by atoms with Crippen molar-refractivity contribution in [3.05, 3.63) is 141 Å². The van der Waals surface area contributed by atoms with Crippen molar-refractivity contribution in [3.8, 4) is 5.75 Å². The molecule has 1 spiro atoms. The monoisotopic (exact) mass is 599 g/mol. The van der Waals surface area contributed by atoms with Gasteiger partial charge in [-0.2, -0.15) is 0 Å². The first-order valence-corrected chi connectivity index (χ1v) is 14.3. The molecule has 0 bridgehead atoms. The Morgan fingerprint density at radius 2 is 1.51 bits per heavy atom. The molecular formula is C35H25N3O7. The minimum Gasteiger partial charge on any atom is -0.427 e. The Hall–Kier alpha value is -5.90. The van der Waals surface area contributed by atoms with Crippen molar-refractivity contribution in [1.82, 2.24) is 4.90 Å². The van der Waals surface area contributed by atoms with E-state index in [0.717, 1.165) is 11.1 Å². The van der Waals surface area contributed by atoms with Crippen molar-refractivity contribution in [2.75, 3.05) is 5.32 Å². The predicted molar refractivity (Wildman–Crippen MR) is 164 cm³/mol. The zero-order valence-corrected chi connectivity index (χ0v) is 23.9. The predicted octanol–water partition coefficient (Wildman–Crippen LogP) is 5.50. The van der Waals surface area contributed by atoms with Crippen molar-refractivity contribution in [2.45, 2.75) is 24.4 Å². The van der Waals surface area contributed by atoms with Crippen LogP contribution in [0.3, 0.4) is 0 Å². The van der Waals surface area contributed by atoms with Gasteiger partial charge in [-0.25, -0.2) is 0 Å². The van der Waals surface area contributed by atoms with Gasteiger partial charge in [0, 0.05) is 42.1 Å². The second-order valence-electron chi connectivity index (χ2n) is 11.2. The molecule has 10 nitrogen and oxygen atoms in total. The van der Waals surface area contributed by atoms with E-state index in [2.05, 4.69) is 5.32 Å². The van der Waals surface area contributed by atoms with E-state index in [4.69, 9.17) is 4.74 Å². The summed E-state index contributed by atoms with van der Waals surface area (Å²) in [5.41, 5.74) is 1.46. The standard InChI is InChI=1S/C35H25N3O7/c1-20(39)45-25-16-12-23(13-17-25)32(41)30-29(31(40)22-10-14-24(15-11-22)38(43)44)35(27-8-4-5-9-28(27)36-34(35)42)33-26-7-3-2-6-21(26)18-19-37(30)33/h2-19,29-30,33H,1H3,(H,36,42)/t29-,30-,33+,35-/m0/s1. The Kier molecular flexibility index (Phi) is 6.43. The average Bonchev–Trinajstić information content (AvgIpc) is 3.52. The summed E-state index contributed by atoms with van der Waals surface area (Å²) in [5, 5.41) is 14.4. The Morgan fingerprint density at radius 1 is 0.867 bits per heavy atom. The number of ether oxygens (including phenoxy) is 1. The van der Waals surface area contributed by atoms with E-state index in [1.165, 1.54) is 55.5 Å². The van der Waals surface area contributed by atoms with Gasteiger partial charge in [-0.3, -0.25) is 29.3 Å². The highest BCUT2D eigenvalue weighted by atomic mass is 16.6. The molecule has 0 radical (unpaired) electrons. The Balaban J connectivity index is 1.47. The fourth-order valence-corrected chi connectivity index (χ4v) is 7.12. The van der Waals surface area contributed by atoms with Crippen LogP contribution in [0.5, 0.6) is 5.75 Å². The Labute approximate surface area is 257 Å². The fraction of sp³-hybridized carbons (Fsp3) is 0.143. The number of non-ortho nitro benzene ring substituents is 1. The highest BCUT2D eigenvalue weighted by Gasteiger charge is 2.70. The van der Waals surface area contributed by atoms with Gasteiger partial charge in [0.15, 0.2) is 11.6 Å². The molecule has 222 valence electrons. The number of fused-ring (bicyclic) bond motifs is 6. The molecule has 4 atom stereocenters. The number of anilines is 1. The quantitative estimate of drug-likeness (QED) is 0.101. The lowest BCUT2D eigenvalue weighted by molar-refractivity contribution is -0.384. The minimum atomic E-state index is -1.53. The number of nitro groups is 1. The van der Waals surface area contributed by atoms with Crippen LogP contribution in [0.25, 0.3) is 6.08 Å². The van der Waals surface area contributed by atoms with E-state index in [0.29, 0.717) is 11.3 Å². The number of rotatable bonds is 6. The molecule has 0 unspecified atom stereocenters. The highest BCUT2D eigenvalue weighted by molar-refractivity contribution is 6.16. The fourth-order valence-electron chi connectivity index (χ4n) is 7.12. The number of nitro benzene ring substituents is 1. The van der Waals surface area contributed by atoms with Crippen molar-refractivity contribution >= 4 is 40.9 Å². The summed E-state index contributed by atoms with van der Waals surface area (Å²) < 4.78 is 5.15. The van der Waals surface area contributed by atoms with Gasteiger partial charge in [-0.15, -0.1) is 0 Å². The van der Waals surface area contributed by atoms with Crippen LogP contribution >= 0.6 is 0 Å². The SMILES string of the molecule is CC(=O)Oc1ccc(C(=O)[C@@H]2[C@@H](C(=O)c3ccc([N+](=O)[O-])cc3)[C@]3(C(=O)Nc4ccccc43)[C@H]3c4ccccc4C=CN23)cc1. The van der Waals surface area contributed by atoms with E-state index in [1.807, 2.05) is 36.4 Å². The number of nitrogens with zero attached hydrogens (tertiary/aromatic N) is 2. The van der Waals surface area contributed by atoms with Gasteiger partial charge in [0.2, 0.25) is 5.91 Å². The van der Waals surface area contributed by atoms with Crippen molar-refractivity contribution in [2.24, 2.45) is 5.92 Å². The number of benzene rings is 4. The normalized spacial score (nSPS) is 22.3. The minimum absolute atomic E-state index is 0.141. The molecule has 45 heavy (non-hydrogen) atoms. The van der Waals surface area contributed by atoms with Gasteiger partial charge in [0.1, 0.15) is 17.2 Å². The van der Waals surface area contributed by atoms with Gasteiger partial charge in [0.25, 0.3) is 5.69 Å². The zero-order chi connectivity index (χ0) is 31.5. The number of nitrogens with one attached hydrogen (secondary N) is 1. The van der Waals surface area contributed by atoms with Crippen LogP contribution in [-0.4, -0.2) is 39.3 Å². The molecule has 0 aromatic heterocycles. The largest absolute Gasteiger partial charge is 0.427 e. The van der Waals surface area contributed by atoms with Crippen molar-refractivity contribution in [3.63, 3.8) is 0 Å². The molecule has 1 fully saturated rings. The van der Waals surface area contributed by atoms with Crippen LogP contribution in [0.15, 0.2) is 103 Å². The topological polar surface area (TPSA) is 136 Å². The van der Waals surface area contributed by atoms with Gasteiger partial charge in [0.05, 0.1) is 16.9 Å². The lowest BCUT2D eigenvalue weighted by atomic mass is 9.62. The molecule has 1 N–H and O–H groups in total. The van der Waals surface area contributed by atoms with Crippen LogP contribution in [0.4, 0.5) is 11.4 Å². The summed E-state index contributed by atoms with van der Waals surface area (Å²) >= 11 is 0. The van der Waals surface area contributed by atoms with Crippen LogP contribution < -0.4 is 10.1 Å².